The Balaban J connectivity index is 2.05. The topological polar surface area (TPSA) is 66.8 Å². The third-order valence-corrected chi connectivity index (χ3v) is 4.03. The van der Waals surface area contributed by atoms with Gasteiger partial charge in [-0.15, -0.1) is 0 Å². The zero-order valence-electron chi connectivity index (χ0n) is 10.9. The van der Waals surface area contributed by atoms with E-state index in [0.29, 0.717) is 25.4 Å². The molecule has 0 radical (unpaired) electrons. The Labute approximate surface area is 107 Å². The summed E-state index contributed by atoms with van der Waals surface area (Å²) in [6, 6.07) is 0. The van der Waals surface area contributed by atoms with Crippen LogP contribution in [-0.4, -0.2) is 48.7 Å². The van der Waals surface area contributed by atoms with E-state index in [4.69, 9.17) is 4.74 Å². The lowest BCUT2D eigenvalue weighted by Crippen LogP contribution is -2.51. The van der Waals surface area contributed by atoms with Gasteiger partial charge in [0.15, 0.2) is 0 Å². The predicted molar refractivity (Wildman–Crippen MR) is 65.1 cm³/mol. The summed E-state index contributed by atoms with van der Waals surface area (Å²) < 4.78 is 4.84. The van der Waals surface area contributed by atoms with Gasteiger partial charge in [0.2, 0.25) is 5.91 Å². The molecule has 0 aromatic rings. The van der Waals surface area contributed by atoms with Gasteiger partial charge in [-0.3, -0.25) is 9.59 Å². The summed E-state index contributed by atoms with van der Waals surface area (Å²) >= 11 is 0. The fourth-order valence-electron chi connectivity index (χ4n) is 2.86. The normalized spacial score (nSPS) is 28.2. The van der Waals surface area contributed by atoms with Crippen LogP contribution in [0.15, 0.2) is 0 Å². The van der Waals surface area contributed by atoms with Crippen molar-refractivity contribution in [2.24, 2.45) is 11.3 Å². The van der Waals surface area contributed by atoms with Crippen LogP contribution in [0.2, 0.25) is 0 Å². The van der Waals surface area contributed by atoms with Gasteiger partial charge in [-0.1, -0.05) is 12.8 Å². The number of aliphatic carboxylic acids is 1. The van der Waals surface area contributed by atoms with Crippen molar-refractivity contribution < 1.29 is 19.4 Å². The molecule has 1 aliphatic heterocycles. The van der Waals surface area contributed by atoms with Gasteiger partial charge in [0, 0.05) is 20.2 Å². The van der Waals surface area contributed by atoms with Crippen molar-refractivity contribution in [1.29, 1.82) is 0 Å². The number of methoxy groups -OCH3 is 1. The summed E-state index contributed by atoms with van der Waals surface area (Å²) in [4.78, 5) is 25.1. The van der Waals surface area contributed by atoms with Crippen LogP contribution in [0.25, 0.3) is 0 Å². The van der Waals surface area contributed by atoms with Crippen LogP contribution in [-0.2, 0) is 14.3 Å². The van der Waals surface area contributed by atoms with Gasteiger partial charge >= 0.3 is 5.97 Å². The first-order valence-electron chi connectivity index (χ1n) is 6.57. The molecule has 0 bridgehead atoms. The number of nitrogens with zero attached hydrogens (tertiary/aromatic N) is 1. The van der Waals surface area contributed by atoms with Crippen LogP contribution in [0.5, 0.6) is 0 Å². The molecule has 0 aromatic heterocycles. The highest BCUT2D eigenvalue weighted by Crippen LogP contribution is 2.44. The van der Waals surface area contributed by atoms with Crippen LogP contribution in [0.1, 0.15) is 32.1 Å². The molecule has 1 atom stereocenters. The molecular formula is C13H21NO4. The number of amides is 1. The highest BCUT2D eigenvalue weighted by molar-refractivity contribution is 5.80. The summed E-state index contributed by atoms with van der Waals surface area (Å²) in [5, 5.41) is 9.53. The number of carboxylic acids is 1. The van der Waals surface area contributed by atoms with Crippen molar-refractivity contribution in [3.05, 3.63) is 0 Å². The summed E-state index contributed by atoms with van der Waals surface area (Å²) in [6.45, 7) is 1.04. The van der Waals surface area contributed by atoms with Gasteiger partial charge in [0.25, 0.3) is 0 Å². The minimum atomic E-state index is -0.746. The zero-order valence-corrected chi connectivity index (χ0v) is 10.9. The van der Waals surface area contributed by atoms with Crippen LogP contribution >= 0.6 is 0 Å². The second-order valence-corrected chi connectivity index (χ2v) is 5.58. The van der Waals surface area contributed by atoms with E-state index < -0.39 is 11.4 Å². The van der Waals surface area contributed by atoms with Crippen molar-refractivity contribution >= 4 is 11.9 Å². The third kappa shape index (κ3) is 2.83. The lowest BCUT2D eigenvalue weighted by Gasteiger charge is -2.40. The first-order valence-corrected chi connectivity index (χ1v) is 6.57. The van der Waals surface area contributed by atoms with Crippen molar-refractivity contribution in [1.82, 2.24) is 4.90 Å². The lowest BCUT2D eigenvalue weighted by atomic mass is 9.75. The summed E-state index contributed by atoms with van der Waals surface area (Å²) in [5.41, 5.74) is -0.719. The molecule has 1 saturated carbocycles. The lowest BCUT2D eigenvalue weighted by molar-refractivity contribution is -0.156. The second-order valence-electron chi connectivity index (χ2n) is 5.58. The minimum Gasteiger partial charge on any atom is -0.481 e. The highest BCUT2D eigenvalue weighted by atomic mass is 16.5. The Bertz CT molecular complexity index is 340. The number of ether oxygens (including phenoxy) is 1. The van der Waals surface area contributed by atoms with E-state index >= 15 is 0 Å². The molecule has 2 aliphatic rings. The number of carbonyl (C=O) groups excluding carboxylic acids is 1. The van der Waals surface area contributed by atoms with Gasteiger partial charge in [0.05, 0.1) is 5.41 Å². The van der Waals surface area contributed by atoms with E-state index in [1.165, 1.54) is 7.11 Å². The first kappa shape index (κ1) is 13.3. The number of hydrogen-bond acceptors (Lipinski definition) is 3. The van der Waals surface area contributed by atoms with Crippen LogP contribution < -0.4 is 0 Å². The molecule has 0 aromatic carbocycles. The number of likely N-dealkylation sites (tertiary alicyclic amines) is 1. The third-order valence-electron chi connectivity index (χ3n) is 4.03. The van der Waals surface area contributed by atoms with Crippen molar-refractivity contribution in [2.75, 3.05) is 26.8 Å². The summed E-state index contributed by atoms with van der Waals surface area (Å²) in [6.07, 6.45) is 4.46. The van der Waals surface area contributed by atoms with Gasteiger partial charge in [0.1, 0.15) is 6.61 Å². The fourth-order valence-corrected chi connectivity index (χ4v) is 2.86. The number of carboxylic acid groups (broad SMARTS) is 1. The maximum Gasteiger partial charge on any atom is 0.311 e. The van der Waals surface area contributed by atoms with Gasteiger partial charge in [-0.05, 0) is 25.2 Å². The predicted octanol–water partition coefficient (Wildman–Crippen LogP) is 1.13. The van der Waals surface area contributed by atoms with Crippen molar-refractivity contribution in [3.8, 4) is 0 Å². The molecule has 1 amide bonds. The average Bonchev–Trinajstić information content (AvgIpc) is 3.13. The second kappa shape index (κ2) is 5.26. The molecule has 0 spiro atoms. The van der Waals surface area contributed by atoms with E-state index in [1.54, 1.807) is 4.90 Å². The van der Waals surface area contributed by atoms with E-state index in [1.807, 2.05) is 0 Å². The monoisotopic (exact) mass is 255 g/mol. The molecule has 18 heavy (non-hydrogen) atoms. The van der Waals surface area contributed by atoms with E-state index in [-0.39, 0.29) is 12.5 Å². The number of carbonyl (C=O) groups is 2. The molecule has 1 aliphatic carbocycles. The maximum atomic E-state index is 11.8. The molecule has 2 fully saturated rings. The van der Waals surface area contributed by atoms with Crippen LogP contribution in [0.4, 0.5) is 0 Å². The van der Waals surface area contributed by atoms with E-state index in [9.17, 15) is 14.7 Å². The summed E-state index contributed by atoms with van der Waals surface area (Å²) in [5.74, 6) is -0.290. The molecule has 102 valence electrons. The van der Waals surface area contributed by atoms with Crippen LogP contribution in [0, 0.1) is 11.3 Å². The number of hydrogen-bond donors (Lipinski definition) is 1. The van der Waals surface area contributed by atoms with Gasteiger partial charge in [-0.2, -0.15) is 0 Å². The van der Waals surface area contributed by atoms with Crippen molar-refractivity contribution in [2.45, 2.75) is 32.1 Å². The molecule has 2 rings (SSSR count). The molecule has 1 N–H and O–H groups in total. The van der Waals surface area contributed by atoms with Gasteiger partial charge in [-0.25, -0.2) is 0 Å². The Morgan fingerprint density at radius 1 is 1.44 bits per heavy atom. The largest absolute Gasteiger partial charge is 0.481 e. The Hall–Kier alpha value is -1.10. The first-order chi connectivity index (χ1) is 8.57. The average molecular weight is 255 g/mol. The molecule has 1 saturated heterocycles. The number of piperidine rings is 1. The van der Waals surface area contributed by atoms with Crippen molar-refractivity contribution in [3.63, 3.8) is 0 Å². The van der Waals surface area contributed by atoms with E-state index in [2.05, 4.69) is 0 Å². The standard InChI is InChI=1S/C13H21NO4/c1-18-8-11(15)14-6-2-5-13(9-14,12(16)17)7-10-3-4-10/h10H,2-9H2,1H3,(H,16,17)/t13-/m0/s1. The number of rotatable bonds is 5. The minimum absolute atomic E-state index is 0.0408. The fraction of sp³-hybridized carbons (Fsp3) is 0.846. The van der Waals surface area contributed by atoms with Gasteiger partial charge < -0.3 is 14.7 Å². The smallest absolute Gasteiger partial charge is 0.311 e. The summed E-state index contributed by atoms with van der Waals surface area (Å²) in [7, 11) is 1.48. The molecule has 0 unspecified atom stereocenters. The SMILES string of the molecule is COCC(=O)N1CCC[C@@](CC2CC2)(C(=O)O)C1. The Morgan fingerprint density at radius 3 is 2.72 bits per heavy atom. The van der Waals surface area contributed by atoms with E-state index in [0.717, 1.165) is 25.7 Å². The Kier molecular flexibility index (Phi) is 3.90. The quantitative estimate of drug-likeness (QED) is 0.799. The van der Waals surface area contributed by atoms with Crippen LogP contribution in [0.3, 0.4) is 0 Å². The molecule has 5 heteroatoms. The highest BCUT2D eigenvalue weighted by Gasteiger charge is 2.46. The molecular weight excluding hydrogens is 234 g/mol. The maximum absolute atomic E-state index is 11.8. The zero-order chi connectivity index (χ0) is 13.2. The molecule has 5 nitrogen and oxygen atoms in total. The Morgan fingerprint density at radius 2 is 2.17 bits per heavy atom. The molecule has 1 heterocycles.